The predicted molar refractivity (Wildman–Crippen MR) is 72.5 cm³/mol. The van der Waals surface area contributed by atoms with Crippen molar-refractivity contribution in [1.29, 1.82) is 0 Å². The number of carboxylic acids is 1. The fourth-order valence-corrected chi connectivity index (χ4v) is 3.87. The number of carboxylic acid groups (broad SMARTS) is 1. The zero-order valence-electron chi connectivity index (χ0n) is 11.5. The summed E-state index contributed by atoms with van der Waals surface area (Å²) in [6.45, 7) is 3.18. The monoisotopic (exact) mass is 253 g/mol. The standard InChI is InChI=1S/C15H27NO2/c1-2-11-7-5-9-14(11)16-10-12-6-3-4-8-13(12)15(17)18/h11-14,16H,2-10H2,1H3,(H,17,18). The van der Waals surface area contributed by atoms with Gasteiger partial charge >= 0.3 is 5.97 Å². The lowest BCUT2D eigenvalue weighted by atomic mass is 9.79. The van der Waals surface area contributed by atoms with Crippen molar-refractivity contribution in [3.05, 3.63) is 0 Å². The molecule has 0 aromatic carbocycles. The number of rotatable bonds is 5. The van der Waals surface area contributed by atoms with Gasteiger partial charge in [0, 0.05) is 6.04 Å². The number of aliphatic carboxylic acids is 1. The van der Waals surface area contributed by atoms with Crippen LogP contribution in [0.25, 0.3) is 0 Å². The molecule has 0 spiro atoms. The molecule has 2 rings (SSSR count). The minimum atomic E-state index is -0.583. The minimum Gasteiger partial charge on any atom is -0.481 e. The van der Waals surface area contributed by atoms with Gasteiger partial charge in [-0.25, -0.2) is 0 Å². The van der Waals surface area contributed by atoms with Crippen molar-refractivity contribution in [1.82, 2.24) is 5.32 Å². The Bertz CT molecular complexity index is 280. The van der Waals surface area contributed by atoms with Crippen LogP contribution in [0, 0.1) is 17.8 Å². The Hall–Kier alpha value is -0.570. The lowest BCUT2D eigenvalue weighted by Gasteiger charge is -2.30. The van der Waals surface area contributed by atoms with Crippen LogP contribution in [-0.2, 0) is 4.79 Å². The molecule has 3 nitrogen and oxygen atoms in total. The van der Waals surface area contributed by atoms with Gasteiger partial charge in [0.1, 0.15) is 0 Å². The smallest absolute Gasteiger partial charge is 0.306 e. The summed E-state index contributed by atoms with van der Waals surface area (Å²) in [7, 11) is 0. The van der Waals surface area contributed by atoms with E-state index in [1.807, 2.05) is 0 Å². The van der Waals surface area contributed by atoms with E-state index in [1.165, 1.54) is 32.1 Å². The molecule has 2 aliphatic rings. The Morgan fingerprint density at radius 1 is 1.11 bits per heavy atom. The maximum Gasteiger partial charge on any atom is 0.306 e. The molecule has 0 aromatic heterocycles. The molecule has 0 saturated heterocycles. The molecule has 3 heteroatoms. The Morgan fingerprint density at radius 3 is 2.56 bits per heavy atom. The Balaban J connectivity index is 1.82. The third-order valence-electron chi connectivity index (χ3n) is 5.05. The van der Waals surface area contributed by atoms with Crippen LogP contribution >= 0.6 is 0 Å². The lowest BCUT2D eigenvalue weighted by Crippen LogP contribution is -2.40. The molecule has 0 aromatic rings. The molecule has 2 fully saturated rings. The zero-order valence-corrected chi connectivity index (χ0v) is 11.5. The number of carbonyl (C=O) groups is 1. The highest BCUT2D eigenvalue weighted by molar-refractivity contribution is 5.70. The van der Waals surface area contributed by atoms with E-state index in [1.54, 1.807) is 0 Å². The van der Waals surface area contributed by atoms with E-state index >= 15 is 0 Å². The van der Waals surface area contributed by atoms with Crippen LogP contribution in [0.3, 0.4) is 0 Å². The van der Waals surface area contributed by atoms with Gasteiger partial charge in [0.2, 0.25) is 0 Å². The second-order valence-corrected chi connectivity index (χ2v) is 6.10. The van der Waals surface area contributed by atoms with E-state index in [9.17, 15) is 9.90 Å². The summed E-state index contributed by atoms with van der Waals surface area (Å²) >= 11 is 0. The molecule has 0 heterocycles. The normalized spacial score (nSPS) is 36.7. The maximum atomic E-state index is 11.3. The highest BCUT2D eigenvalue weighted by Gasteiger charge is 2.32. The second-order valence-electron chi connectivity index (χ2n) is 6.10. The molecule has 4 unspecified atom stereocenters. The minimum absolute atomic E-state index is 0.104. The third-order valence-corrected chi connectivity index (χ3v) is 5.05. The van der Waals surface area contributed by atoms with Gasteiger partial charge in [-0.05, 0) is 44.1 Å². The summed E-state index contributed by atoms with van der Waals surface area (Å²) in [6, 6.07) is 0.645. The summed E-state index contributed by atoms with van der Waals surface area (Å²) in [6.07, 6.45) is 9.49. The number of hydrogen-bond donors (Lipinski definition) is 2. The van der Waals surface area contributed by atoms with E-state index in [2.05, 4.69) is 12.2 Å². The summed E-state index contributed by atoms with van der Waals surface area (Å²) < 4.78 is 0. The van der Waals surface area contributed by atoms with Gasteiger partial charge in [-0.3, -0.25) is 4.79 Å². The lowest BCUT2D eigenvalue weighted by molar-refractivity contribution is -0.144. The first-order valence-electron chi connectivity index (χ1n) is 7.68. The maximum absolute atomic E-state index is 11.3. The number of hydrogen-bond acceptors (Lipinski definition) is 2. The van der Waals surface area contributed by atoms with Gasteiger partial charge in [-0.15, -0.1) is 0 Å². The van der Waals surface area contributed by atoms with Gasteiger partial charge in [0.05, 0.1) is 5.92 Å². The van der Waals surface area contributed by atoms with Gasteiger partial charge in [-0.2, -0.15) is 0 Å². The molecule has 0 aliphatic heterocycles. The van der Waals surface area contributed by atoms with E-state index in [-0.39, 0.29) is 5.92 Å². The molecule has 18 heavy (non-hydrogen) atoms. The van der Waals surface area contributed by atoms with Crippen molar-refractivity contribution in [3.8, 4) is 0 Å². The SMILES string of the molecule is CCC1CCCC1NCC1CCCCC1C(=O)O. The Morgan fingerprint density at radius 2 is 1.83 bits per heavy atom. The number of nitrogens with one attached hydrogen (secondary N) is 1. The van der Waals surface area contributed by atoms with Crippen LogP contribution in [-0.4, -0.2) is 23.7 Å². The van der Waals surface area contributed by atoms with E-state index in [0.29, 0.717) is 12.0 Å². The summed E-state index contributed by atoms with van der Waals surface area (Å²) in [4.78, 5) is 11.3. The van der Waals surface area contributed by atoms with Crippen molar-refractivity contribution in [2.75, 3.05) is 6.54 Å². The summed E-state index contributed by atoms with van der Waals surface area (Å²) in [5, 5.41) is 12.9. The predicted octanol–water partition coefficient (Wildman–Crippen LogP) is 3.05. The van der Waals surface area contributed by atoms with Gasteiger partial charge < -0.3 is 10.4 Å². The van der Waals surface area contributed by atoms with Crippen molar-refractivity contribution in [3.63, 3.8) is 0 Å². The fourth-order valence-electron chi connectivity index (χ4n) is 3.87. The summed E-state index contributed by atoms with van der Waals surface area (Å²) in [5.41, 5.74) is 0. The Kier molecular flexibility index (Phi) is 5.04. The van der Waals surface area contributed by atoms with Gasteiger partial charge in [0.15, 0.2) is 0 Å². The second kappa shape index (κ2) is 6.55. The van der Waals surface area contributed by atoms with Gasteiger partial charge in [0.25, 0.3) is 0 Å². The molecular weight excluding hydrogens is 226 g/mol. The van der Waals surface area contributed by atoms with Crippen molar-refractivity contribution in [2.45, 2.75) is 64.3 Å². The summed E-state index contributed by atoms with van der Waals surface area (Å²) in [5.74, 6) is 0.485. The quantitative estimate of drug-likeness (QED) is 0.791. The molecule has 2 N–H and O–H groups in total. The van der Waals surface area contributed by atoms with Crippen molar-refractivity contribution in [2.24, 2.45) is 17.8 Å². The molecule has 2 saturated carbocycles. The van der Waals surface area contributed by atoms with Crippen molar-refractivity contribution >= 4 is 5.97 Å². The fraction of sp³-hybridized carbons (Fsp3) is 0.933. The first-order chi connectivity index (χ1) is 8.72. The average Bonchev–Trinajstić information content (AvgIpc) is 2.84. The van der Waals surface area contributed by atoms with Crippen LogP contribution in [0.5, 0.6) is 0 Å². The highest BCUT2D eigenvalue weighted by atomic mass is 16.4. The average molecular weight is 253 g/mol. The van der Waals surface area contributed by atoms with E-state index < -0.39 is 5.97 Å². The third kappa shape index (κ3) is 3.25. The molecule has 0 bridgehead atoms. The van der Waals surface area contributed by atoms with E-state index in [0.717, 1.165) is 31.7 Å². The highest BCUT2D eigenvalue weighted by Crippen LogP contribution is 2.32. The van der Waals surface area contributed by atoms with E-state index in [4.69, 9.17) is 0 Å². The molecule has 0 radical (unpaired) electrons. The molecule has 4 atom stereocenters. The van der Waals surface area contributed by atoms with Crippen molar-refractivity contribution < 1.29 is 9.90 Å². The van der Waals surface area contributed by atoms with Crippen LogP contribution in [0.2, 0.25) is 0 Å². The first-order valence-corrected chi connectivity index (χ1v) is 7.68. The zero-order chi connectivity index (χ0) is 13.0. The Labute approximate surface area is 110 Å². The van der Waals surface area contributed by atoms with Crippen LogP contribution in [0.4, 0.5) is 0 Å². The van der Waals surface area contributed by atoms with Crippen LogP contribution in [0.15, 0.2) is 0 Å². The largest absolute Gasteiger partial charge is 0.481 e. The molecular formula is C15H27NO2. The molecule has 2 aliphatic carbocycles. The molecule has 0 amide bonds. The molecule has 104 valence electrons. The van der Waals surface area contributed by atoms with Crippen LogP contribution in [0.1, 0.15) is 58.3 Å². The topological polar surface area (TPSA) is 49.3 Å². The van der Waals surface area contributed by atoms with Crippen LogP contribution < -0.4 is 5.32 Å². The first kappa shape index (κ1) is 13.9. The van der Waals surface area contributed by atoms with Gasteiger partial charge in [-0.1, -0.05) is 32.6 Å².